The van der Waals surface area contributed by atoms with Crippen LogP contribution in [0.15, 0.2) is 30.3 Å². The SMILES string of the molecule is CC(=O)N(CCC(=O)N1CCCC1)CCc1ccccc1. The van der Waals surface area contributed by atoms with Crippen molar-refractivity contribution in [3.8, 4) is 0 Å². The van der Waals surface area contributed by atoms with Gasteiger partial charge in [0, 0.05) is 39.5 Å². The lowest BCUT2D eigenvalue weighted by atomic mass is 10.1. The molecule has 1 saturated heterocycles. The number of nitrogens with zero attached hydrogens (tertiary/aromatic N) is 2. The van der Waals surface area contributed by atoms with Crippen LogP contribution in [-0.2, 0) is 16.0 Å². The summed E-state index contributed by atoms with van der Waals surface area (Å²) in [6.07, 6.45) is 3.49. The molecule has 0 unspecified atom stereocenters. The molecule has 0 N–H and O–H groups in total. The number of likely N-dealkylation sites (tertiary alicyclic amines) is 1. The lowest BCUT2D eigenvalue weighted by Crippen LogP contribution is -2.36. The van der Waals surface area contributed by atoms with Crippen molar-refractivity contribution >= 4 is 11.8 Å². The van der Waals surface area contributed by atoms with Crippen molar-refractivity contribution in [1.82, 2.24) is 9.80 Å². The standard InChI is InChI=1S/C17H24N2O2/c1-15(20)18(13-9-16-7-3-2-4-8-16)14-10-17(21)19-11-5-6-12-19/h2-4,7-8H,5-6,9-14H2,1H3. The highest BCUT2D eigenvalue weighted by Crippen LogP contribution is 2.10. The highest BCUT2D eigenvalue weighted by Gasteiger charge is 2.19. The van der Waals surface area contributed by atoms with Crippen LogP contribution in [0.1, 0.15) is 31.7 Å². The zero-order valence-corrected chi connectivity index (χ0v) is 12.8. The second kappa shape index (κ2) is 7.81. The topological polar surface area (TPSA) is 40.6 Å². The highest BCUT2D eigenvalue weighted by molar-refractivity contribution is 5.78. The van der Waals surface area contributed by atoms with E-state index in [2.05, 4.69) is 12.1 Å². The smallest absolute Gasteiger partial charge is 0.224 e. The molecular weight excluding hydrogens is 264 g/mol. The fraction of sp³-hybridized carbons (Fsp3) is 0.529. The van der Waals surface area contributed by atoms with Gasteiger partial charge in [0.15, 0.2) is 0 Å². The summed E-state index contributed by atoms with van der Waals surface area (Å²) in [5.41, 5.74) is 1.22. The lowest BCUT2D eigenvalue weighted by molar-refractivity contribution is -0.132. The first-order chi connectivity index (χ1) is 10.2. The van der Waals surface area contributed by atoms with Crippen LogP contribution < -0.4 is 0 Å². The van der Waals surface area contributed by atoms with E-state index in [1.165, 1.54) is 5.56 Å². The first-order valence-corrected chi connectivity index (χ1v) is 7.74. The Morgan fingerprint density at radius 2 is 1.76 bits per heavy atom. The van der Waals surface area contributed by atoms with E-state index in [0.717, 1.165) is 32.4 Å². The van der Waals surface area contributed by atoms with Gasteiger partial charge in [0.05, 0.1) is 0 Å². The molecule has 0 bridgehead atoms. The van der Waals surface area contributed by atoms with Crippen LogP contribution >= 0.6 is 0 Å². The molecule has 0 aromatic heterocycles. The van der Waals surface area contributed by atoms with Gasteiger partial charge in [-0.1, -0.05) is 30.3 Å². The molecule has 0 saturated carbocycles. The summed E-state index contributed by atoms with van der Waals surface area (Å²) < 4.78 is 0. The molecule has 0 spiro atoms. The van der Waals surface area contributed by atoms with Crippen LogP contribution in [0.4, 0.5) is 0 Å². The molecule has 0 radical (unpaired) electrons. The minimum atomic E-state index is 0.0418. The largest absolute Gasteiger partial charge is 0.343 e. The molecule has 4 heteroatoms. The van der Waals surface area contributed by atoms with Crippen molar-refractivity contribution in [1.29, 1.82) is 0 Å². The van der Waals surface area contributed by atoms with Crippen molar-refractivity contribution < 1.29 is 9.59 Å². The van der Waals surface area contributed by atoms with Crippen LogP contribution in [0.25, 0.3) is 0 Å². The van der Waals surface area contributed by atoms with Gasteiger partial charge in [0.25, 0.3) is 0 Å². The number of rotatable bonds is 6. The second-order valence-corrected chi connectivity index (χ2v) is 5.58. The van der Waals surface area contributed by atoms with Gasteiger partial charge in [-0.15, -0.1) is 0 Å². The fourth-order valence-electron chi connectivity index (χ4n) is 2.69. The van der Waals surface area contributed by atoms with Crippen molar-refractivity contribution in [3.63, 3.8) is 0 Å². The molecule has 1 heterocycles. The van der Waals surface area contributed by atoms with E-state index < -0.39 is 0 Å². The highest BCUT2D eigenvalue weighted by atomic mass is 16.2. The van der Waals surface area contributed by atoms with E-state index in [1.807, 2.05) is 23.1 Å². The Morgan fingerprint density at radius 1 is 1.10 bits per heavy atom. The number of hydrogen-bond acceptors (Lipinski definition) is 2. The molecular formula is C17H24N2O2. The van der Waals surface area contributed by atoms with Gasteiger partial charge in [-0.2, -0.15) is 0 Å². The molecule has 1 aliphatic rings. The summed E-state index contributed by atoms with van der Waals surface area (Å²) in [5.74, 6) is 0.221. The van der Waals surface area contributed by atoms with E-state index >= 15 is 0 Å². The quantitative estimate of drug-likeness (QED) is 0.804. The third-order valence-corrected chi connectivity index (χ3v) is 4.01. The molecule has 2 rings (SSSR count). The summed E-state index contributed by atoms with van der Waals surface area (Å²) in [6, 6.07) is 10.1. The van der Waals surface area contributed by atoms with Gasteiger partial charge in [-0.25, -0.2) is 0 Å². The predicted octanol–water partition coefficient (Wildman–Crippen LogP) is 2.09. The number of carbonyl (C=O) groups excluding carboxylic acids is 2. The second-order valence-electron chi connectivity index (χ2n) is 5.58. The molecule has 2 amide bonds. The summed E-state index contributed by atoms with van der Waals surface area (Å²) in [4.78, 5) is 27.4. The van der Waals surface area contributed by atoms with Crippen molar-refractivity contribution in [2.75, 3.05) is 26.2 Å². The first kappa shape index (κ1) is 15.5. The average molecular weight is 288 g/mol. The molecule has 1 aromatic carbocycles. The van der Waals surface area contributed by atoms with Crippen molar-refractivity contribution in [2.24, 2.45) is 0 Å². The summed E-state index contributed by atoms with van der Waals surface area (Å²) in [7, 11) is 0. The summed E-state index contributed by atoms with van der Waals surface area (Å²) >= 11 is 0. The van der Waals surface area contributed by atoms with E-state index in [0.29, 0.717) is 19.5 Å². The Hall–Kier alpha value is -1.84. The van der Waals surface area contributed by atoms with E-state index in [1.54, 1.807) is 11.8 Å². The molecule has 4 nitrogen and oxygen atoms in total. The van der Waals surface area contributed by atoms with Crippen molar-refractivity contribution in [2.45, 2.75) is 32.6 Å². The van der Waals surface area contributed by atoms with Gasteiger partial charge >= 0.3 is 0 Å². The third-order valence-electron chi connectivity index (χ3n) is 4.01. The van der Waals surface area contributed by atoms with E-state index in [4.69, 9.17) is 0 Å². The molecule has 0 atom stereocenters. The van der Waals surface area contributed by atoms with E-state index in [-0.39, 0.29) is 11.8 Å². The van der Waals surface area contributed by atoms with Crippen molar-refractivity contribution in [3.05, 3.63) is 35.9 Å². The zero-order chi connectivity index (χ0) is 15.1. The van der Waals surface area contributed by atoms with Crippen LogP contribution in [0, 0.1) is 0 Å². The molecule has 1 fully saturated rings. The maximum atomic E-state index is 12.0. The van der Waals surface area contributed by atoms with Gasteiger partial charge in [0.2, 0.25) is 11.8 Å². The molecule has 0 aliphatic carbocycles. The lowest BCUT2D eigenvalue weighted by Gasteiger charge is -2.22. The molecule has 21 heavy (non-hydrogen) atoms. The minimum Gasteiger partial charge on any atom is -0.343 e. The van der Waals surface area contributed by atoms with Gasteiger partial charge < -0.3 is 9.80 Å². The van der Waals surface area contributed by atoms with Crippen LogP contribution in [-0.4, -0.2) is 47.8 Å². The molecule has 114 valence electrons. The number of hydrogen-bond donors (Lipinski definition) is 0. The Kier molecular flexibility index (Phi) is 5.78. The van der Waals surface area contributed by atoms with Gasteiger partial charge in [-0.3, -0.25) is 9.59 Å². The number of benzene rings is 1. The Labute approximate surface area is 126 Å². The number of amides is 2. The summed E-state index contributed by atoms with van der Waals surface area (Å²) in [6.45, 7) is 4.53. The van der Waals surface area contributed by atoms with Gasteiger partial charge in [0.1, 0.15) is 0 Å². The Balaban J connectivity index is 1.79. The normalized spacial score (nSPS) is 14.2. The molecule has 1 aromatic rings. The average Bonchev–Trinajstić information content (AvgIpc) is 3.02. The van der Waals surface area contributed by atoms with Gasteiger partial charge in [-0.05, 0) is 24.8 Å². The predicted molar refractivity (Wildman–Crippen MR) is 82.8 cm³/mol. The first-order valence-electron chi connectivity index (χ1n) is 7.74. The molecule has 1 aliphatic heterocycles. The monoisotopic (exact) mass is 288 g/mol. The van der Waals surface area contributed by atoms with Crippen LogP contribution in [0.3, 0.4) is 0 Å². The van der Waals surface area contributed by atoms with E-state index in [9.17, 15) is 9.59 Å². The van der Waals surface area contributed by atoms with Crippen LogP contribution in [0.5, 0.6) is 0 Å². The minimum absolute atomic E-state index is 0.0418. The third kappa shape index (κ3) is 4.88. The Morgan fingerprint density at radius 3 is 2.38 bits per heavy atom. The van der Waals surface area contributed by atoms with Crippen LogP contribution in [0.2, 0.25) is 0 Å². The Bertz CT molecular complexity index is 467. The fourth-order valence-corrected chi connectivity index (χ4v) is 2.69. The maximum Gasteiger partial charge on any atom is 0.224 e. The zero-order valence-electron chi connectivity index (χ0n) is 12.8. The number of carbonyl (C=O) groups is 2. The summed E-state index contributed by atoms with van der Waals surface area (Å²) in [5, 5.41) is 0. The maximum absolute atomic E-state index is 12.0.